The number of amides is 2. The van der Waals surface area contributed by atoms with E-state index in [1.807, 2.05) is 0 Å². The van der Waals surface area contributed by atoms with Crippen LogP contribution in [0, 0.1) is 12.7 Å². The lowest BCUT2D eigenvalue weighted by Crippen LogP contribution is -2.41. The Morgan fingerprint density at radius 3 is 2.43 bits per heavy atom. The number of piperidine rings is 1. The Morgan fingerprint density at radius 1 is 1.10 bits per heavy atom. The number of nitrogens with zero attached hydrogens (tertiary/aromatic N) is 3. The van der Waals surface area contributed by atoms with Crippen molar-refractivity contribution in [3.63, 3.8) is 0 Å². The van der Waals surface area contributed by atoms with Gasteiger partial charge >= 0.3 is 0 Å². The maximum atomic E-state index is 14.1. The van der Waals surface area contributed by atoms with Crippen molar-refractivity contribution in [1.29, 1.82) is 0 Å². The number of oxazole rings is 1. The second-order valence-corrected chi connectivity index (χ2v) is 7.93. The van der Waals surface area contributed by atoms with Crippen LogP contribution in [-0.4, -0.2) is 66.0 Å². The van der Waals surface area contributed by atoms with Gasteiger partial charge in [-0.1, -0.05) is 17.7 Å². The summed E-state index contributed by atoms with van der Waals surface area (Å²) in [5.74, 6) is -0.173. The number of hydrogen-bond acceptors (Lipinski definition) is 5. The molecule has 2 aliphatic heterocycles. The summed E-state index contributed by atoms with van der Waals surface area (Å²) in [7, 11) is 0. The van der Waals surface area contributed by atoms with Crippen LogP contribution in [0.4, 0.5) is 4.39 Å². The normalized spacial score (nSPS) is 18.0. The Kier molecular flexibility index (Phi) is 6.06. The molecule has 2 amide bonds. The number of morpholine rings is 1. The molecule has 0 saturated carbocycles. The predicted molar refractivity (Wildman–Crippen MR) is 107 cm³/mol. The molecule has 1 aromatic carbocycles. The zero-order valence-electron chi connectivity index (χ0n) is 16.7. The van der Waals surface area contributed by atoms with Gasteiger partial charge in [-0.15, -0.1) is 0 Å². The highest BCUT2D eigenvalue weighted by molar-refractivity contribution is 6.33. The fraction of sp³-hybridized carbons (Fsp3) is 0.476. The number of halogens is 2. The number of ether oxygens (including phenoxy) is 1. The highest BCUT2D eigenvalue weighted by atomic mass is 35.5. The molecular weight excluding hydrogens is 413 g/mol. The average molecular weight is 436 g/mol. The van der Waals surface area contributed by atoms with Gasteiger partial charge in [-0.2, -0.15) is 0 Å². The second-order valence-electron chi connectivity index (χ2n) is 7.52. The molecule has 0 spiro atoms. The van der Waals surface area contributed by atoms with Gasteiger partial charge in [0.25, 0.3) is 11.8 Å². The number of carbonyl (C=O) groups excluding carboxylic acids is 2. The molecular formula is C21H23ClFN3O4. The molecule has 7 nitrogen and oxygen atoms in total. The molecule has 0 aliphatic carbocycles. The lowest BCUT2D eigenvalue weighted by molar-refractivity contribution is 0.0298. The Labute approximate surface area is 178 Å². The Bertz CT molecular complexity index is 929. The largest absolute Gasteiger partial charge is 0.445 e. The molecule has 2 saturated heterocycles. The van der Waals surface area contributed by atoms with Crippen LogP contribution in [0.15, 0.2) is 22.6 Å². The first-order valence-corrected chi connectivity index (χ1v) is 10.4. The number of likely N-dealkylation sites (tertiary alicyclic amines) is 1. The molecule has 2 aliphatic rings. The summed E-state index contributed by atoms with van der Waals surface area (Å²) in [6.45, 7) is 4.73. The molecule has 2 aromatic rings. The fourth-order valence-electron chi connectivity index (χ4n) is 3.90. The van der Waals surface area contributed by atoms with Crippen LogP contribution in [0.1, 0.15) is 51.3 Å². The summed E-state index contributed by atoms with van der Waals surface area (Å²) < 4.78 is 25.2. The van der Waals surface area contributed by atoms with Gasteiger partial charge in [0, 0.05) is 32.1 Å². The summed E-state index contributed by atoms with van der Waals surface area (Å²) in [6.07, 6.45) is 1.23. The Hall–Kier alpha value is -2.45. The van der Waals surface area contributed by atoms with Gasteiger partial charge in [0.05, 0.1) is 23.8 Å². The number of rotatable bonds is 3. The van der Waals surface area contributed by atoms with E-state index in [4.69, 9.17) is 20.8 Å². The first-order chi connectivity index (χ1) is 14.5. The molecule has 3 heterocycles. The number of hydrogen-bond donors (Lipinski definition) is 0. The van der Waals surface area contributed by atoms with Gasteiger partial charge in [-0.25, -0.2) is 9.37 Å². The second kappa shape index (κ2) is 8.73. The smallest absolute Gasteiger partial charge is 0.276 e. The Morgan fingerprint density at radius 2 is 1.77 bits per heavy atom. The minimum atomic E-state index is -0.621. The maximum absolute atomic E-state index is 14.1. The average Bonchev–Trinajstić information content (AvgIpc) is 3.15. The van der Waals surface area contributed by atoms with E-state index < -0.39 is 11.7 Å². The molecule has 0 unspecified atom stereocenters. The number of carbonyl (C=O) groups is 2. The van der Waals surface area contributed by atoms with E-state index in [0.717, 1.165) is 0 Å². The molecule has 4 rings (SSSR count). The lowest BCUT2D eigenvalue weighted by Gasteiger charge is -2.31. The summed E-state index contributed by atoms with van der Waals surface area (Å²) in [5.41, 5.74) is 0.242. The highest BCUT2D eigenvalue weighted by Gasteiger charge is 2.31. The first-order valence-electron chi connectivity index (χ1n) is 10.0. The van der Waals surface area contributed by atoms with Crippen LogP contribution in [0.2, 0.25) is 5.02 Å². The molecule has 9 heteroatoms. The van der Waals surface area contributed by atoms with E-state index in [2.05, 4.69) is 4.98 Å². The van der Waals surface area contributed by atoms with Crippen LogP contribution < -0.4 is 0 Å². The van der Waals surface area contributed by atoms with Crippen LogP contribution in [-0.2, 0) is 4.74 Å². The van der Waals surface area contributed by atoms with Crippen molar-refractivity contribution >= 4 is 23.4 Å². The van der Waals surface area contributed by atoms with Gasteiger partial charge in [0.15, 0.2) is 11.6 Å². The van der Waals surface area contributed by atoms with Gasteiger partial charge < -0.3 is 19.0 Å². The predicted octanol–water partition coefficient (Wildman–Crippen LogP) is 3.27. The zero-order chi connectivity index (χ0) is 21.3. The number of benzene rings is 1. The van der Waals surface area contributed by atoms with Crippen molar-refractivity contribution in [3.8, 4) is 0 Å². The summed E-state index contributed by atoms with van der Waals surface area (Å²) in [6, 6.07) is 4.21. The fourth-order valence-corrected chi connectivity index (χ4v) is 4.14. The third-order valence-corrected chi connectivity index (χ3v) is 5.94. The van der Waals surface area contributed by atoms with Crippen LogP contribution >= 0.6 is 11.6 Å². The van der Waals surface area contributed by atoms with E-state index >= 15 is 0 Å². The molecule has 0 radical (unpaired) electrons. The maximum Gasteiger partial charge on any atom is 0.276 e. The van der Waals surface area contributed by atoms with E-state index in [1.54, 1.807) is 16.7 Å². The molecule has 160 valence electrons. The van der Waals surface area contributed by atoms with Crippen LogP contribution in [0.25, 0.3) is 0 Å². The molecule has 30 heavy (non-hydrogen) atoms. The molecule has 0 atom stereocenters. The molecule has 1 aromatic heterocycles. The van der Waals surface area contributed by atoms with Crippen LogP contribution in [0.5, 0.6) is 0 Å². The van der Waals surface area contributed by atoms with Crippen molar-refractivity contribution in [2.45, 2.75) is 25.7 Å². The third-order valence-electron chi connectivity index (χ3n) is 5.62. The molecule has 2 fully saturated rings. The monoisotopic (exact) mass is 435 g/mol. The Balaban J connectivity index is 1.42. The van der Waals surface area contributed by atoms with Crippen molar-refractivity contribution in [3.05, 3.63) is 51.9 Å². The van der Waals surface area contributed by atoms with Crippen LogP contribution in [0.3, 0.4) is 0 Å². The number of aromatic nitrogens is 1. The summed E-state index contributed by atoms with van der Waals surface area (Å²) >= 11 is 6.03. The van der Waals surface area contributed by atoms with Gasteiger partial charge in [0.1, 0.15) is 11.6 Å². The standard InChI is InChI=1S/C21H23ClFN3O4/c1-13-18(21(28)26-9-11-29-12-10-26)24-19(30-13)14-5-7-25(8-6-14)20(27)17-15(22)3-2-4-16(17)23/h2-4,14H,5-12H2,1H3. The van der Waals surface area contributed by atoms with E-state index in [1.165, 1.54) is 18.2 Å². The van der Waals surface area contributed by atoms with Gasteiger partial charge in [-0.3, -0.25) is 9.59 Å². The van der Waals surface area contributed by atoms with Crippen molar-refractivity contribution in [2.24, 2.45) is 0 Å². The minimum Gasteiger partial charge on any atom is -0.445 e. The third kappa shape index (κ3) is 4.06. The van der Waals surface area contributed by atoms with E-state index in [0.29, 0.717) is 69.6 Å². The van der Waals surface area contributed by atoms with Crippen molar-refractivity contribution in [2.75, 3.05) is 39.4 Å². The minimum absolute atomic E-state index is 0.00455. The van der Waals surface area contributed by atoms with Crippen molar-refractivity contribution in [1.82, 2.24) is 14.8 Å². The summed E-state index contributed by atoms with van der Waals surface area (Å²) in [4.78, 5) is 33.2. The molecule has 0 N–H and O–H groups in total. The first kappa shape index (κ1) is 20.8. The number of aryl methyl sites for hydroxylation is 1. The highest BCUT2D eigenvalue weighted by Crippen LogP contribution is 2.31. The topological polar surface area (TPSA) is 75.9 Å². The SMILES string of the molecule is Cc1oc(C2CCN(C(=O)c3c(F)cccc3Cl)CC2)nc1C(=O)N1CCOCC1. The van der Waals surface area contributed by atoms with E-state index in [-0.39, 0.29) is 22.4 Å². The lowest BCUT2D eigenvalue weighted by atomic mass is 9.96. The summed E-state index contributed by atoms with van der Waals surface area (Å²) in [5, 5.41) is 0.108. The van der Waals surface area contributed by atoms with Gasteiger partial charge in [-0.05, 0) is 31.9 Å². The quantitative estimate of drug-likeness (QED) is 0.739. The van der Waals surface area contributed by atoms with E-state index in [9.17, 15) is 14.0 Å². The van der Waals surface area contributed by atoms with Gasteiger partial charge in [0.2, 0.25) is 0 Å². The van der Waals surface area contributed by atoms with Crippen molar-refractivity contribution < 1.29 is 23.1 Å². The molecule has 0 bridgehead atoms. The zero-order valence-corrected chi connectivity index (χ0v) is 17.5.